The molecular formula is C16H12BrN. The summed E-state index contributed by atoms with van der Waals surface area (Å²) >= 11 is 3.56. The van der Waals surface area contributed by atoms with Crippen molar-refractivity contribution in [2.45, 2.75) is 6.42 Å². The Kier molecular flexibility index (Phi) is 2.01. The molecule has 2 aromatic carbocycles. The number of hydrogen-bond acceptors (Lipinski definition) is 0. The summed E-state index contributed by atoms with van der Waals surface area (Å²) in [6.45, 7) is 0. The van der Waals surface area contributed by atoms with Crippen LogP contribution in [0.25, 0.3) is 22.2 Å². The molecule has 1 heterocycles. The largest absolute Gasteiger partial charge is 0.343 e. The van der Waals surface area contributed by atoms with E-state index in [2.05, 4.69) is 70.0 Å². The van der Waals surface area contributed by atoms with Crippen LogP contribution in [0.1, 0.15) is 11.1 Å². The van der Waals surface area contributed by atoms with E-state index in [-0.39, 0.29) is 0 Å². The number of para-hydroxylation sites is 1. The number of fused-ring (bicyclic) bond motifs is 5. The molecule has 0 atom stereocenters. The van der Waals surface area contributed by atoms with Crippen molar-refractivity contribution < 1.29 is 0 Å². The number of aryl methyl sites for hydroxylation is 1. The number of rotatable bonds is 0. The van der Waals surface area contributed by atoms with Gasteiger partial charge in [0, 0.05) is 34.4 Å². The van der Waals surface area contributed by atoms with Crippen LogP contribution in [0.3, 0.4) is 0 Å². The SMILES string of the molecule is Cn1c2c(c3ccccc31)Cc1cc(Br)ccc1-2. The smallest absolute Gasteiger partial charge is 0.0527 e. The maximum atomic E-state index is 3.56. The third-order valence-electron chi connectivity index (χ3n) is 3.90. The third-order valence-corrected chi connectivity index (χ3v) is 4.39. The fraction of sp³-hybridized carbons (Fsp3) is 0.125. The Labute approximate surface area is 114 Å². The molecule has 0 unspecified atom stereocenters. The molecule has 88 valence electrons. The lowest BCUT2D eigenvalue weighted by Crippen LogP contribution is -1.90. The Morgan fingerprint density at radius 1 is 1.11 bits per heavy atom. The number of hydrogen-bond donors (Lipinski definition) is 0. The van der Waals surface area contributed by atoms with Gasteiger partial charge in [0.1, 0.15) is 0 Å². The summed E-state index contributed by atoms with van der Waals surface area (Å²) in [7, 11) is 2.16. The predicted molar refractivity (Wildman–Crippen MR) is 78.9 cm³/mol. The van der Waals surface area contributed by atoms with Gasteiger partial charge in [-0.25, -0.2) is 0 Å². The van der Waals surface area contributed by atoms with Gasteiger partial charge in [0.05, 0.1) is 5.69 Å². The lowest BCUT2D eigenvalue weighted by atomic mass is 10.1. The molecule has 1 nitrogen and oxygen atoms in total. The van der Waals surface area contributed by atoms with E-state index in [4.69, 9.17) is 0 Å². The van der Waals surface area contributed by atoms with Gasteiger partial charge in [-0.05, 0) is 29.3 Å². The van der Waals surface area contributed by atoms with Gasteiger partial charge in [0.25, 0.3) is 0 Å². The summed E-state index contributed by atoms with van der Waals surface area (Å²) in [5, 5.41) is 1.39. The van der Waals surface area contributed by atoms with E-state index in [1.54, 1.807) is 0 Å². The molecule has 1 aromatic heterocycles. The average Bonchev–Trinajstić information content (AvgIpc) is 2.87. The summed E-state index contributed by atoms with van der Waals surface area (Å²) in [5.74, 6) is 0. The molecule has 0 bridgehead atoms. The van der Waals surface area contributed by atoms with Gasteiger partial charge in [-0.3, -0.25) is 0 Å². The van der Waals surface area contributed by atoms with Crippen molar-refractivity contribution in [3.63, 3.8) is 0 Å². The van der Waals surface area contributed by atoms with Gasteiger partial charge >= 0.3 is 0 Å². The molecule has 0 amide bonds. The molecular weight excluding hydrogens is 286 g/mol. The zero-order valence-corrected chi connectivity index (χ0v) is 11.7. The highest BCUT2D eigenvalue weighted by Gasteiger charge is 2.24. The van der Waals surface area contributed by atoms with Gasteiger partial charge in [-0.2, -0.15) is 0 Å². The lowest BCUT2D eigenvalue weighted by molar-refractivity contribution is 0.978. The van der Waals surface area contributed by atoms with Crippen molar-refractivity contribution in [1.29, 1.82) is 0 Å². The molecule has 2 heteroatoms. The van der Waals surface area contributed by atoms with Crippen molar-refractivity contribution in [3.8, 4) is 11.3 Å². The predicted octanol–water partition coefficient (Wildman–Crippen LogP) is 4.51. The van der Waals surface area contributed by atoms with E-state index >= 15 is 0 Å². The second kappa shape index (κ2) is 3.48. The number of benzene rings is 2. The minimum absolute atomic E-state index is 1.05. The van der Waals surface area contributed by atoms with Crippen LogP contribution < -0.4 is 0 Å². The van der Waals surface area contributed by atoms with E-state index < -0.39 is 0 Å². The van der Waals surface area contributed by atoms with Crippen LogP contribution in [0.2, 0.25) is 0 Å². The third kappa shape index (κ3) is 1.21. The highest BCUT2D eigenvalue weighted by Crippen LogP contribution is 2.42. The van der Waals surface area contributed by atoms with Gasteiger partial charge in [-0.1, -0.05) is 40.2 Å². The van der Waals surface area contributed by atoms with Crippen molar-refractivity contribution in [3.05, 3.63) is 58.1 Å². The Morgan fingerprint density at radius 3 is 2.83 bits per heavy atom. The topological polar surface area (TPSA) is 4.93 Å². The summed E-state index contributed by atoms with van der Waals surface area (Å²) < 4.78 is 3.49. The minimum Gasteiger partial charge on any atom is -0.343 e. The summed E-state index contributed by atoms with van der Waals surface area (Å²) in [5.41, 5.74) is 7.00. The van der Waals surface area contributed by atoms with Crippen LogP contribution in [0, 0.1) is 0 Å². The molecule has 0 aliphatic heterocycles. The summed E-state index contributed by atoms with van der Waals surface area (Å²) in [6.07, 6.45) is 1.05. The Balaban J connectivity index is 2.12. The number of halogens is 1. The maximum absolute atomic E-state index is 3.56. The molecule has 3 aromatic rings. The Hall–Kier alpha value is -1.54. The van der Waals surface area contributed by atoms with Gasteiger partial charge in [0.15, 0.2) is 0 Å². The van der Waals surface area contributed by atoms with E-state index in [0.717, 1.165) is 6.42 Å². The molecule has 1 aliphatic rings. The van der Waals surface area contributed by atoms with Crippen LogP contribution in [0.15, 0.2) is 46.9 Å². The van der Waals surface area contributed by atoms with E-state index in [9.17, 15) is 0 Å². The first-order valence-corrected chi connectivity index (χ1v) is 6.90. The van der Waals surface area contributed by atoms with Crippen molar-refractivity contribution in [2.75, 3.05) is 0 Å². The van der Waals surface area contributed by atoms with E-state index in [1.165, 1.54) is 37.8 Å². The Bertz CT molecular complexity index is 783. The second-order valence-corrected chi connectivity index (χ2v) is 5.80. The highest BCUT2D eigenvalue weighted by atomic mass is 79.9. The quantitative estimate of drug-likeness (QED) is 0.450. The molecule has 0 spiro atoms. The fourth-order valence-electron chi connectivity index (χ4n) is 3.12. The van der Waals surface area contributed by atoms with Crippen LogP contribution in [0.4, 0.5) is 0 Å². The number of nitrogens with zero attached hydrogens (tertiary/aromatic N) is 1. The summed E-state index contributed by atoms with van der Waals surface area (Å²) in [4.78, 5) is 0. The molecule has 1 aliphatic carbocycles. The van der Waals surface area contributed by atoms with Gasteiger partial charge in [-0.15, -0.1) is 0 Å². The lowest BCUT2D eigenvalue weighted by Gasteiger charge is -2.05. The molecule has 4 rings (SSSR count). The number of aromatic nitrogens is 1. The van der Waals surface area contributed by atoms with Crippen molar-refractivity contribution in [2.24, 2.45) is 7.05 Å². The standard InChI is InChI=1S/C16H12BrN/c1-18-15-5-3-2-4-13(15)14-9-10-8-11(17)6-7-12(10)16(14)18/h2-8H,9H2,1H3. The van der Waals surface area contributed by atoms with E-state index in [1.807, 2.05) is 0 Å². The molecule has 0 saturated heterocycles. The normalized spacial score (nSPS) is 12.8. The molecule has 0 radical (unpaired) electrons. The van der Waals surface area contributed by atoms with Crippen molar-refractivity contribution >= 4 is 26.8 Å². The van der Waals surface area contributed by atoms with Crippen LogP contribution in [-0.4, -0.2) is 4.57 Å². The monoisotopic (exact) mass is 297 g/mol. The van der Waals surface area contributed by atoms with Crippen LogP contribution in [0.5, 0.6) is 0 Å². The van der Waals surface area contributed by atoms with Gasteiger partial charge < -0.3 is 4.57 Å². The maximum Gasteiger partial charge on any atom is 0.0527 e. The first kappa shape index (κ1) is 10.4. The minimum atomic E-state index is 1.05. The molecule has 0 saturated carbocycles. The van der Waals surface area contributed by atoms with Crippen LogP contribution >= 0.6 is 15.9 Å². The second-order valence-electron chi connectivity index (χ2n) is 4.88. The molecule has 0 N–H and O–H groups in total. The Morgan fingerprint density at radius 2 is 1.94 bits per heavy atom. The van der Waals surface area contributed by atoms with Crippen LogP contribution in [-0.2, 0) is 13.5 Å². The molecule has 18 heavy (non-hydrogen) atoms. The molecule has 0 fully saturated rings. The zero-order chi connectivity index (χ0) is 12.3. The first-order valence-electron chi connectivity index (χ1n) is 6.11. The first-order chi connectivity index (χ1) is 8.75. The zero-order valence-electron chi connectivity index (χ0n) is 10.1. The summed E-state index contributed by atoms with van der Waals surface area (Å²) in [6, 6.07) is 15.3. The average molecular weight is 298 g/mol. The fourth-order valence-corrected chi connectivity index (χ4v) is 3.53. The highest BCUT2D eigenvalue weighted by molar-refractivity contribution is 9.10. The van der Waals surface area contributed by atoms with Crippen molar-refractivity contribution in [1.82, 2.24) is 4.57 Å². The van der Waals surface area contributed by atoms with E-state index in [0.29, 0.717) is 0 Å². The van der Waals surface area contributed by atoms with Gasteiger partial charge in [0.2, 0.25) is 0 Å².